The molecule has 1 amide bonds. The number of rotatable bonds is 11. The normalized spacial score (nSPS) is 19.3. The van der Waals surface area contributed by atoms with E-state index in [2.05, 4.69) is 41.9 Å². The fraction of sp³-hybridized carbons (Fsp3) is 0.571. The first kappa shape index (κ1) is 34.1. The highest BCUT2D eigenvalue weighted by Gasteiger charge is 2.34. The average Bonchev–Trinajstić information content (AvgIpc) is 3.00. The second-order valence-corrected chi connectivity index (χ2v) is 13.7. The molecule has 0 unspecified atom stereocenters. The van der Waals surface area contributed by atoms with E-state index in [1.807, 2.05) is 18.2 Å². The Balaban J connectivity index is 1.34. The molecule has 2 aromatic rings. The molecule has 3 heterocycles. The highest BCUT2D eigenvalue weighted by Crippen LogP contribution is 2.30. The Morgan fingerprint density at radius 1 is 1.16 bits per heavy atom. The van der Waals surface area contributed by atoms with Crippen LogP contribution in [0.3, 0.4) is 0 Å². The van der Waals surface area contributed by atoms with Crippen molar-refractivity contribution < 1.29 is 13.2 Å². The number of amides is 1. The van der Waals surface area contributed by atoms with Crippen LogP contribution in [0, 0.1) is 0 Å². The summed E-state index contributed by atoms with van der Waals surface area (Å²) < 4.78 is 22.2. The summed E-state index contributed by atoms with van der Waals surface area (Å²) >= 11 is 12.7. The number of carbonyl (C=O) groups is 1. The summed E-state index contributed by atoms with van der Waals surface area (Å²) in [6.07, 6.45) is 3.24. The number of hydrogen-bond donors (Lipinski definition) is 4. The maximum Gasteiger partial charge on any atom is 0.273 e. The van der Waals surface area contributed by atoms with Crippen molar-refractivity contribution >= 4 is 56.6 Å². The first-order chi connectivity index (χ1) is 20.9. The van der Waals surface area contributed by atoms with Crippen molar-refractivity contribution in [2.45, 2.75) is 51.2 Å². The van der Waals surface area contributed by atoms with Crippen molar-refractivity contribution in [2.24, 2.45) is 15.9 Å². The molecule has 13 nitrogen and oxygen atoms in total. The lowest BCUT2D eigenvalue weighted by atomic mass is 9.97. The number of halogens is 2. The molecule has 0 bridgehead atoms. The van der Waals surface area contributed by atoms with Crippen LogP contribution < -0.4 is 26.8 Å². The molecule has 1 aromatic heterocycles. The van der Waals surface area contributed by atoms with Crippen molar-refractivity contribution in [3.8, 4) is 0 Å². The smallest absolute Gasteiger partial charge is 0.273 e. The first-order valence-electron chi connectivity index (χ1n) is 14.8. The molecule has 7 N–H and O–H groups in total. The van der Waals surface area contributed by atoms with E-state index < -0.39 is 15.9 Å². The van der Waals surface area contributed by atoms with E-state index in [0.29, 0.717) is 41.8 Å². The molecule has 44 heavy (non-hydrogen) atoms. The number of nitrogens with two attached hydrogens (primary N) is 3. The number of aromatic nitrogens is 2. The number of likely N-dealkylation sites (tertiary alicyclic amines) is 1. The zero-order valence-electron chi connectivity index (χ0n) is 25.2. The Labute approximate surface area is 269 Å². The van der Waals surface area contributed by atoms with Gasteiger partial charge in [-0.25, -0.2) is 23.5 Å². The van der Waals surface area contributed by atoms with E-state index >= 15 is 0 Å². The van der Waals surface area contributed by atoms with E-state index in [4.69, 9.17) is 39.8 Å². The Morgan fingerprint density at radius 2 is 1.89 bits per heavy atom. The molecule has 4 rings (SSSR count). The van der Waals surface area contributed by atoms with Gasteiger partial charge in [0, 0.05) is 62.4 Å². The van der Waals surface area contributed by atoms with Crippen LogP contribution in [0.5, 0.6) is 0 Å². The highest BCUT2D eigenvalue weighted by molar-refractivity contribution is 7.89. The number of aliphatic imine (C=N–C) groups is 1. The molecule has 0 aliphatic carbocycles. The van der Waals surface area contributed by atoms with Crippen LogP contribution in [-0.2, 0) is 16.6 Å². The Hall–Kier alpha value is -2.75. The Morgan fingerprint density at radius 3 is 2.55 bits per heavy atom. The van der Waals surface area contributed by atoms with Crippen molar-refractivity contribution in [3.63, 3.8) is 0 Å². The van der Waals surface area contributed by atoms with Crippen LogP contribution in [0.15, 0.2) is 23.2 Å². The van der Waals surface area contributed by atoms with Crippen LogP contribution in [0.4, 0.5) is 11.6 Å². The molecule has 16 heteroatoms. The number of piperazine rings is 1. The maximum atomic E-state index is 12.6. The topological polar surface area (TPSA) is 189 Å². The second kappa shape index (κ2) is 15.0. The average molecular weight is 670 g/mol. The predicted molar refractivity (Wildman–Crippen MR) is 176 cm³/mol. The van der Waals surface area contributed by atoms with E-state index in [1.165, 1.54) is 0 Å². The summed E-state index contributed by atoms with van der Waals surface area (Å²) in [5, 5.41) is 8.33. The maximum absolute atomic E-state index is 12.6. The molecule has 2 fully saturated rings. The fourth-order valence-corrected chi connectivity index (χ4v) is 6.91. The van der Waals surface area contributed by atoms with Gasteiger partial charge in [-0.3, -0.25) is 19.6 Å². The number of anilines is 2. The minimum atomic E-state index is -3.61. The number of piperidine rings is 1. The van der Waals surface area contributed by atoms with E-state index in [1.54, 1.807) is 7.05 Å². The van der Waals surface area contributed by atoms with Crippen molar-refractivity contribution in [1.29, 1.82) is 0 Å². The molecule has 0 spiro atoms. The number of carbonyl (C=O) groups excluding carboxylic acids is 1. The summed E-state index contributed by atoms with van der Waals surface area (Å²) in [5.41, 5.74) is 14.2. The summed E-state index contributed by atoms with van der Waals surface area (Å²) in [5.74, 6) is 0.0912. The van der Waals surface area contributed by atoms with Gasteiger partial charge in [0.1, 0.15) is 5.84 Å². The number of sulfonamides is 1. The largest absolute Gasteiger partial charge is 0.384 e. The van der Waals surface area contributed by atoms with Crippen LogP contribution in [0.1, 0.15) is 54.2 Å². The van der Waals surface area contributed by atoms with Crippen molar-refractivity contribution in [3.05, 3.63) is 45.2 Å². The van der Waals surface area contributed by atoms with Gasteiger partial charge in [-0.2, -0.15) is 0 Å². The first-order valence-corrected chi connectivity index (χ1v) is 17.2. The molecule has 2 aliphatic rings. The number of primary sulfonamides is 1. The van der Waals surface area contributed by atoms with Gasteiger partial charge in [-0.15, -0.1) is 0 Å². The second-order valence-electron chi connectivity index (χ2n) is 11.2. The highest BCUT2D eigenvalue weighted by atomic mass is 35.5. The Bertz CT molecular complexity index is 1470. The van der Waals surface area contributed by atoms with Gasteiger partial charge < -0.3 is 21.7 Å². The van der Waals surface area contributed by atoms with Gasteiger partial charge >= 0.3 is 0 Å². The van der Waals surface area contributed by atoms with Gasteiger partial charge in [-0.1, -0.05) is 36.2 Å². The minimum Gasteiger partial charge on any atom is -0.384 e. The third kappa shape index (κ3) is 8.70. The van der Waals surface area contributed by atoms with E-state index in [9.17, 15) is 13.2 Å². The summed E-state index contributed by atoms with van der Waals surface area (Å²) in [6, 6.07) is 6.58. The third-order valence-electron chi connectivity index (χ3n) is 8.28. The van der Waals surface area contributed by atoms with Crippen LogP contribution >= 0.6 is 23.2 Å². The molecule has 0 saturated carbocycles. The predicted octanol–water partition coefficient (Wildman–Crippen LogP) is 1.67. The van der Waals surface area contributed by atoms with Gasteiger partial charge in [0.15, 0.2) is 22.5 Å². The number of nitrogens with one attached hydrogen (secondary N) is 1. The number of amidine groups is 1. The lowest BCUT2D eigenvalue weighted by Gasteiger charge is -2.47. The quantitative estimate of drug-likeness (QED) is 0.156. The van der Waals surface area contributed by atoms with Crippen LogP contribution in [-0.4, -0.2) is 104 Å². The molecule has 1 atom stereocenters. The SMILES string of the molecule is CC[C@H]1CN(c2nc(N)c(C(=O)NCCCS(N)(=O)=O)nc2Cl)CCN1C1CCN(Cc2ccc(Cl)cc2C(N)=NC)CC1. The summed E-state index contributed by atoms with van der Waals surface area (Å²) in [6.45, 7) is 7.29. The molecule has 242 valence electrons. The van der Waals surface area contributed by atoms with Gasteiger partial charge in [0.25, 0.3) is 5.91 Å². The standard InChI is InChI=1S/C28H42Cl2N10O3S/c1-3-20-17-39(27-24(30)36-23(26(32)37-27)28(41)35-9-4-14-44(33,42)43)12-13-40(20)21-7-10-38(11-8-21)16-18-5-6-19(29)15-22(18)25(31)34-2/h5-6,15,20-21H,3-4,7-14,16-17H2,1-2H3,(H2,31,34)(H2,32,37)(H,35,41)(H2,33,42,43)/t20-/m0/s1. The molecule has 0 radical (unpaired) electrons. The molecule has 2 aliphatic heterocycles. The molecular weight excluding hydrogens is 627 g/mol. The summed E-state index contributed by atoms with van der Waals surface area (Å²) in [7, 11) is -1.92. The number of nitrogen functional groups attached to an aromatic ring is 1. The van der Waals surface area contributed by atoms with E-state index in [0.717, 1.165) is 56.6 Å². The van der Waals surface area contributed by atoms with Gasteiger partial charge in [-0.05, 0) is 56.5 Å². The van der Waals surface area contributed by atoms with Crippen LogP contribution in [0.25, 0.3) is 0 Å². The van der Waals surface area contributed by atoms with Crippen molar-refractivity contribution in [2.75, 3.05) is 62.7 Å². The number of benzene rings is 1. The monoisotopic (exact) mass is 668 g/mol. The molecule has 1 aromatic carbocycles. The third-order valence-corrected chi connectivity index (χ3v) is 9.62. The molecule has 2 saturated heterocycles. The Kier molecular flexibility index (Phi) is 11.7. The zero-order valence-corrected chi connectivity index (χ0v) is 27.5. The van der Waals surface area contributed by atoms with E-state index in [-0.39, 0.29) is 35.4 Å². The lowest BCUT2D eigenvalue weighted by molar-refractivity contribution is 0.0610. The fourth-order valence-electron chi connectivity index (χ4n) is 5.95. The van der Waals surface area contributed by atoms with Crippen LogP contribution in [0.2, 0.25) is 10.2 Å². The minimum absolute atomic E-state index is 0.0352. The zero-order chi connectivity index (χ0) is 32.0. The number of nitrogens with zero attached hydrogens (tertiary/aromatic N) is 6. The summed E-state index contributed by atoms with van der Waals surface area (Å²) in [4.78, 5) is 32.6. The lowest BCUT2D eigenvalue weighted by Crippen LogP contribution is -2.58. The number of hydrogen-bond acceptors (Lipinski definition) is 10. The van der Waals surface area contributed by atoms with Gasteiger partial charge in [0.05, 0.1) is 5.75 Å². The van der Waals surface area contributed by atoms with Gasteiger partial charge in [0.2, 0.25) is 10.0 Å². The van der Waals surface area contributed by atoms with Crippen molar-refractivity contribution in [1.82, 2.24) is 25.1 Å². The molecular formula is C28H42Cl2N10O3S.